The van der Waals surface area contributed by atoms with Gasteiger partial charge in [-0.15, -0.1) is 0 Å². The van der Waals surface area contributed by atoms with E-state index in [0.29, 0.717) is 0 Å². The molecular formula is C24H44KO4P. The Labute approximate surface area is 228 Å². The van der Waals surface area contributed by atoms with Gasteiger partial charge in [-0.25, -0.2) is 0 Å². The maximum atomic E-state index is 12.1. The Kier molecular flexibility index (Phi) is 19.4. The number of hydrogen-bond acceptors (Lipinski definition) is 4. The number of allylic oxidation sites excluding steroid dienone is 2. The van der Waals surface area contributed by atoms with Crippen LogP contribution in [0.15, 0.2) is 24.3 Å². The van der Waals surface area contributed by atoms with Crippen molar-refractivity contribution in [1.82, 2.24) is 0 Å². The molecule has 0 aromatic heterocycles. The number of phosphoric ester groups is 1. The zero-order valence-electron chi connectivity index (χ0n) is 20.1. The van der Waals surface area contributed by atoms with E-state index in [-0.39, 0.29) is 63.9 Å². The first kappa shape index (κ1) is 31.2. The molecule has 0 spiro atoms. The molecule has 3 unspecified atom stereocenters. The van der Waals surface area contributed by atoms with Gasteiger partial charge < -0.3 is 13.9 Å². The topological polar surface area (TPSA) is 58.6 Å². The first-order valence-electron chi connectivity index (χ1n) is 11.9. The fraction of sp³-hybridized carbons (Fsp3) is 0.833. The quantitative estimate of drug-likeness (QED) is 0.170. The average Bonchev–Trinajstić information content (AvgIpc) is 2.67. The van der Waals surface area contributed by atoms with Gasteiger partial charge in [0.1, 0.15) is 0 Å². The van der Waals surface area contributed by atoms with Crippen LogP contribution < -0.4 is 56.3 Å². The summed E-state index contributed by atoms with van der Waals surface area (Å²) in [6.07, 6.45) is 25.2. The Morgan fingerprint density at radius 1 is 0.867 bits per heavy atom. The third-order valence-electron chi connectivity index (χ3n) is 5.90. The molecule has 1 rings (SSSR count). The minimum atomic E-state index is -4.29. The van der Waals surface area contributed by atoms with E-state index in [9.17, 15) is 9.46 Å². The van der Waals surface area contributed by atoms with Crippen molar-refractivity contribution in [3.8, 4) is 0 Å². The molecule has 4 nitrogen and oxygen atoms in total. The van der Waals surface area contributed by atoms with Crippen LogP contribution in [0.1, 0.15) is 111 Å². The van der Waals surface area contributed by atoms with Crippen molar-refractivity contribution < 1.29 is 69.9 Å². The summed E-state index contributed by atoms with van der Waals surface area (Å²) < 4.78 is 22.5. The molecule has 0 bridgehead atoms. The van der Waals surface area contributed by atoms with Gasteiger partial charge in [-0.1, -0.05) is 122 Å². The predicted molar refractivity (Wildman–Crippen MR) is 121 cm³/mol. The van der Waals surface area contributed by atoms with E-state index in [0.717, 1.165) is 19.3 Å². The molecule has 0 aliphatic heterocycles. The zero-order valence-corrected chi connectivity index (χ0v) is 24.1. The molecule has 0 amide bonds. The van der Waals surface area contributed by atoms with Crippen LogP contribution in [0, 0.1) is 5.92 Å². The van der Waals surface area contributed by atoms with Gasteiger partial charge >= 0.3 is 51.4 Å². The van der Waals surface area contributed by atoms with Gasteiger partial charge in [-0.05, 0) is 13.3 Å². The second-order valence-corrected chi connectivity index (χ2v) is 10.0. The minimum absolute atomic E-state index is 0. The van der Waals surface area contributed by atoms with Crippen LogP contribution >= 0.6 is 7.82 Å². The summed E-state index contributed by atoms with van der Waals surface area (Å²) in [5.74, 6) is -0.0144. The largest absolute Gasteiger partial charge is 1.00 e. The normalized spacial score (nSPS) is 22.6. The summed E-state index contributed by atoms with van der Waals surface area (Å²) in [5.41, 5.74) is -0.860. The molecule has 6 heteroatoms. The van der Waals surface area contributed by atoms with E-state index < -0.39 is 13.4 Å². The molecule has 0 radical (unpaired) electrons. The van der Waals surface area contributed by atoms with Crippen LogP contribution in [0.25, 0.3) is 0 Å². The first-order chi connectivity index (χ1) is 13.9. The van der Waals surface area contributed by atoms with Gasteiger partial charge in [0.15, 0.2) is 0 Å². The van der Waals surface area contributed by atoms with Crippen LogP contribution in [-0.4, -0.2) is 12.2 Å². The minimum Gasteiger partial charge on any atom is -0.756 e. The molecular weight excluding hydrogens is 422 g/mol. The molecule has 170 valence electrons. The van der Waals surface area contributed by atoms with E-state index in [2.05, 4.69) is 6.92 Å². The summed E-state index contributed by atoms with van der Waals surface area (Å²) in [6.45, 7) is 6.19. The third-order valence-corrected chi connectivity index (χ3v) is 7.01. The summed E-state index contributed by atoms with van der Waals surface area (Å²) in [4.78, 5) is 12.1. The van der Waals surface area contributed by atoms with Crippen LogP contribution in [0.4, 0.5) is 0 Å². The van der Waals surface area contributed by atoms with Crippen molar-refractivity contribution >= 4 is 7.82 Å². The van der Waals surface area contributed by atoms with Crippen LogP contribution in [0.5, 0.6) is 0 Å². The number of phosphoric acid groups is 1. The second kappa shape index (κ2) is 18.6. The van der Waals surface area contributed by atoms with Crippen molar-refractivity contribution in [2.75, 3.05) is 6.61 Å². The Balaban J connectivity index is 0.00000841. The van der Waals surface area contributed by atoms with Gasteiger partial charge in [0.05, 0.1) is 12.2 Å². The standard InChI is InChI=1S/C24H45O4P.K/c1-4-5-6-7-8-9-10-11-12-13-14-15-16-19-22-27-29(25,26)28-24(3)21-18-17-20-23(24)2;/h17-18,20-21,23H,4-16,19,22H2,1-3H3,(H,25,26);/q;+1/p-1. The maximum absolute atomic E-state index is 12.1. The molecule has 0 fully saturated rings. The van der Waals surface area contributed by atoms with Gasteiger partial charge in [0.25, 0.3) is 7.82 Å². The SMILES string of the molecule is CCCCCCCCCCCCCCCCOP(=O)([O-])OC1(C)C=CC=CC1C.[K+]. The Bertz CT molecular complexity index is 523. The van der Waals surface area contributed by atoms with Crippen molar-refractivity contribution in [2.24, 2.45) is 5.92 Å². The fourth-order valence-electron chi connectivity index (χ4n) is 3.67. The van der Waals surface area contributed by atoms with Crippen molar-refractivity contribution in [3.63, 3.8) is 0 Å². The van der Waals surface area contributed by atoms with Crippen LogP contribution in [0.3, 0.4) is 0 Å². The number of rotatable bonds is 18. The van der Waals surface area contributed by atoms with Crippen molar-refractivity contribution in [3.05, 3.63) is 24.3 Å². The molecule has 0 saturated carbocycles. The maximum Gasteiger partial charge on any atom is 1.00 e. The van der Waals surface area contributed by atoms with Gasteiger partial charge in [-0.2, -0.15) is 0 Å². The molecule has 30 heavy (non-hydrogen) atoms. The van der Waals surface area contributed by atoms with E-state index >= 15 is 0 Å². The monoisotopic (exact) mass is 466 g/mol. The smallest absolute Gasteiger partial charge is 0.756 e. The van der Waals surface area contributed by atoms with E-state index in [1.165, 1.54) is 70.6 Å². The Morgan fingerprint density at radius 3 is 1.80 bits per heavy atom. The molecule has 0 N–H and O–H groups in total. The van der Waals surface area contributed by atoms with Gasteiger partial charge in [0.2, 0.25) is 0 Å². The summed E-state index contributed by atoms with van der Waals surface area (Å²) in [6, 6.07) is 0. The Morgan fingerprint density at radius 2 is 1.33 bits per heavy atom. The van der Waals surface area contributed by atoms with Crippen LogP contribution in [0.2, 0.25) is 0 Å². The second-order valence-electron chi connectivity index (χ2n) is 8.68. The molecule has 0 saturated heterocycles. The Hall–Kier alpha value is 1.23. The molecule has 0 aromatic carbocycles. The molecule has 0 heterocycles. The van der Waals surface area contributed by atoms with E-state index in [1.807, 2.05) is 25.2 Å². The summed E-state index contributed by atoms with van der Waals surface area (Å²) in [7, 11) is -4.29. The summed E-state index contributed by atoms with van der Waals surface area (Å²) >= 11 is 0. The molecule has 1 aliphatic carbocycles. The zero-order chi connectivity index (χ0) is 21.4. The number of unbranched alkanes of at least 4 members (excludes halogenated alkanes) is 13. The predicted octanol–water partition coefficient (Wildman–Crippen LogP) is 4.49. The molecule has 0 aromatic rings. The average molecular weight is 467 g/mol. The fourth-order valence-corrected chi connectivity index (χ4v) is 4.79. The van der Waals surface area contributed by atoms with Crippen molar-refractivity contribution in [1.29, 1.82) is 0 Å². The van der Waals surface area contributed by atoms with E-state index in [4.69, 9.17) is 9.05 Å². The summed E-state index contributed by atoms with van der Waals surface area (Å²) in [5, 5.41) is 0. The van der Waals surface area contributed by atoms with Gasteiger partial charge in [0, 0.05) is 5.92 Å². The van der Waals surface area contributed by atoms with Gasteiger partial charge in [-0.3, -0.25) is 4.57 Å². The third kappa shape index (κ3) is 15.1. The number of hydrogen-bond donors (Lipinski definition) is 0. The van der Waals surface area contributed by atoms with Crippen molar-refractivity contribution in [2.45, 2.75) is 116 Å². The molecule has 1 aliphatic rings. The van der Waals surface area contributed by atoms with Crippen LogP contribution in [-0.2, 0) is 13.6 Å². The first-order valence-corrected chi connectivity index (χ1v) is 13.4. The molecule has 3 atom stereocenters. The van der Waals surface area contributed by atoms with E-state index in [1.54, 1.807) is 13.0 Å².